The maximum Gasteiger partial charge on any atom is 0.266 e. The van der Waals surface area contributed by atoms with Crippen LogP contribution in [0.15, 0.2) is 57.8 Å². The Labute approximate surface area is 163 Å². The van der Waals surface area contributed by atoms with Gasteiger partial charge in [-0.2, -0.15) is 4.98 Å². The number of aromatic nitrogens is 3. The van der Waals surface area contributed by atoms with Gasteiger partial charge in [0.1, 0.15) is 0 Å². The largest absolute Gasteiger partial charge is 0.337 e. The van der Waals surface area contributed by atoms with Crippen LogP contribution in [0.3, 0.4) is 0 Å². The van der Waals surface area contributed by atoms with Crippen molar-refractivity contribution in [3.8, 4) is 11.5 Å². The van der Waals surface area contributed by atoms with Gasteiger partial charge in [0.25, 0.3) is 17.4 Å². The number of benzene rings is 1. The Morgan fingerprint density at radius 1 is 1.11 bits per heavy atom. The summed E-state index contributed by atoms with van der Waals surface area (Å²) in [5.41, 5.74) is 2.21. The van der Waals surface area contributed by atoms with Crippen LogP contribution in [0.1, 0.15) is 43.8 Å². The second-order valence-corrected chi connectivity index (χ2v) is 7.88. The van der Waals surface area contributed by atoms with E-state index >= 15 is 0 Å². The van der Waals surface area contributed by atoms with E-state index in [1.165, 1.54) is 0 Å². The predicted octanol–water partition coefficient (Wildman–Crippen LogP) is 3.86. The number of fused-ring (bicyclic) bond motifs is 4. The van der Waals surface area contributed by atoms with Crippen LogP contribution in [-0.4, -0.2) is 27.8 Å². The molecule has 5 rings (SSSR count). The Bertz CT molecular complexity index is 1030. The molecule has 1 fully saturated rings. The molecule has 2 bridgehead atoms. The first-order chi connectivity index (χ1) is 13.7. The van der Waals surface area contributed by atoms with E-state index in [0.29, 0.717) is 23.7 Å². The highest BCUT2D eigenvalue weighted by Crippen LogP contribution is 2.43. The van der Waals surface area contributed by atoms with Gasteiger partial charge in [-0.05, 0) is 42.1 Å². The fourth-order valence-corrected chi connectivity index (χ4v) is 4.91. The second-order valence-electron chi connectivity index (χ2n) is 7.88. The van der Waals surface area contributed by atoms with Crippen LogP contribution in [0.5, 0.6) is 0 Å². The van der Waals surface area contributed by atoms with E-state index < -0.39 is 0 Å². The van der Waals surface area contributed by atoms with Crippen LogP contribution in [-0.2, 0) is 0 Å². The lowest BCUT2D eigenvalue weighted by Crippen LogP contribution is -2.49. The maximum atomic E-state index is 12.6. The molecule has 3 aromatic rings. The highest BCUT2D eigenvalue weighted by molar-refractivity contribution is 5.54. The van der Waals surface area contributed by atoms with Crippen molar-refractivity contribution in [3.63, 3.8) is 0 Å². The van der Waals surface area contributed by atoms with Crippen molar-refractivity contribution in [2.24, 2.45) is 5.92 Å². The average Bonchev–Trinajstić information content (AvgIpc) is 3.22. The minimum atomic E-state index is 0.130. The van der Waals surface area contributed by atoms with Crippen molar-refractivity contribution in [2.75, 3.05) is 18.0 Å². The zero-order valence-corrected chi connectivity index (χ0v) is 16.0. The highest BCUT2D eigenvalue weighted by Gasteiger charge is 2.41. The van der Waals surface area contributed by atoms with E-state index in [1.807, 2.05) is 36.4 Å². The first kappa shape index (κ1) is 17.2. The number of hydrogen-bond donors (Lipinski definition) is 0. The normalized spacial score (nSPS) is 23.5. The van der Waals surface area contributed by atoms with Gasteiger partial charge in [0.05, 0.1) is 0 Å². The highest BCUT2D eigenvalue weighted by atomic mass is 16.5. The molecule has 0 N–H and O–H groups in total. The van der Waals surface area contributed by atoms with Gasteiger partial charge >= 0.3 is 0 Å². The summed E-state index contributed by atoms with van der Waals surface area (Å²) in [6, 6.07) is 15.8. The molecule has 0 unspecified atom stereocenters. The summed E-state index contributed by atoms with van der Waals surface area (Å²) in [5, 5.41) is 4.26. The number of piperidine rings is 1. The summed E-state index contributed by atoms with van der Waals surface area (Å²) in [4.78, 5) is 19.5. The van der Waals surface area contributed by atoms with Gasteiger partial charge in [-0.1, -0.05) is 37.6 Å². The molecule has 28 heavy (non-hydrogen) atoms. The van der Waals surface area contributed by atoms with Gasteiger partial charge in [-0.15, -0.1) is 0 Å². The second kappa shape index (κ2) is 6.93. The molecular formula is C22H24N4O2. The van der Waals surface area contributed by atoms with Crippen molar-refractivity contribution in [2.45, 2.75) is 38.1 Å². The molecule has 2 aliphatic heterocycles. The number of rotatable bonds is 4. The SMILES string of the molecule is CCC[C@H]1[C@H]2C[C@H](CN(c3noc(-c4ccccc4)n3)C2)c2cccc(=O)n21. The molecule has 0 saturated carbocycles. The third-order valence-corrected chi connectivity index (χ3v) is 6.10. The third kappa shape index (κ3) is 2.84. The average molecular weight is 376 g/mol. The van der Waals surface area contributed by atoms with Crippen molar-refractivity contribution < 1.29 is 4.52 Å². The zero-order chi connectivity index (χ0) is 19.1. The third-order valence-electron chi connectivity index (χ3n) is 6.10. The summed E-state index contributed by atoms with van der Waals surface area (Å²) in [7, 11) is 0. The standard InChI is InChI=1S/C22H24N4O2/c1-2-7-18-16-12-17(19-10-6-11-20(27)26(18)19)14-25(13-16)22-23-21(28-24-22)15-8-4-3-5-9-15/h3-6,8-11,16-18H,2,7,12-14H2,1H3/t16-,17+,18-/m0/s1. The Kier molecular flexibility index (Phi) is 4.26. The quantitative estimate of drug-likeness (QED) is 0.692. The molecule has 0 amide bonds. The molecule has 1 saturated heterocycles. The Morgan fingerprint density at radius 2 is 1.96 bits per heavy atom. The minimum Gasteiger partial charge on any atom is -0.337 e. The fraction of sp³-hybridized carbons (Fsp3) is 0.409. The van der Waals surface area contributed by atoms with E-state index in [2.05, 4.69) is 32.6 Å². The van der Waals surface area contributed by atoms with E-state index in [0.717, 1.165) is 43.6 Å². The van der Waals surface area contributed by atoms with Crippen LogP contribution >= 0.6 is 0 Å². The van der Waals surface area contributed by atoms with Crippen LogP contribution in [0.4, 0.5) is 5.95 Å². The molecule has 0 radical (unpaired) electrons. The number of pyridine rings is 1. The summed E-state index contributed by atoms with van der Waals surface area (Å²) >= 11 is 0. The van der Waals surface area contributed by atoms with Gasteiger partial charge < -0.3 is 14.0 Å². The lowest BCUT2D eigenvalue weighted by atomic mass is 9.77. The monoisotopic (exact) mass is 376 g/mol. The van der Waals surface area contributed by atoms with Crippen molar-refractivity contribution in [1.29, 1.82) is 0 Å². The summed E-state index contributed by atoms with van der Waals surface area (Å²) < 4.78 is 7.59. The molecule has 0 spiro atoms. The van der Waals surface area contributed by atoms with Crippen LogP contribution < -0.4 is 10.5 Å². The fourth-order valence-electron chi connectivity index (χ4n) is 4.91. The van der Waals surface area contributed by atoms with E-state index in [4.69, 9.17) is 4.52 Å². The Balaban J connectivity index is 1.48. The van der Waals surface area contributed by atoms with Crippen LogP contribution in [0.25, 0.3) is 11.5 Å². The Hall–Kier alpha value is -2.89. The van der Waals surface area contributed by atoms with Gasteiger partial charge in [-0.25, -0.2) is 0 Å². The van der Waals surface area contributed by atoms with Crippen molar-refractivity contribution in [1.82, 2.24) is 14.7 Å². The van der Waals surface area contributed by atoms with E-state index in [-0.39, 0.29) is 11.6 Å². The minimum absolute atomic E-state index is 0.130. The summed E-state index contributed by atoms with van der Waals surface area (Å²) in [5.74, 6) is 1.94. The van der Waals surface area contributed by atoms with E-state index in [1.54, 1.807) is 6.07 Å². The van der Waals surface area contributed by atoms with Crippen LogP contribution in [0.2, 0.25) is 0 Å². The topological polar surface area (TPSA) is 64.2 Å². The van der Waals surface area contributed by atoms with Crippen molar-refractivity contribution >= 4 is 5.95 Å². The van der Waals surface area contributed by atoms with Gasteiger partial charge in [-0.3, -0.25) is 4.79 Å². The molecule has 1 aromatic carbocycles. The summed E-state index contributed by atoms with van der Waals surface area (Å²) in [6.07, 6.45) is 3.20. The lowest BCUT2D eigenvalue weighted by molar-refractivity contribution is 0.200. The van der Waals surface area contributed by atoms with E-state index in [9.17, 15) is 4.79 Å². The van der Waals surface area contributed by atoms with Crippen molar-refractivity contribution in [3.05, 3.63) is 64.6 Å². The Morgan fingerprint density at radius 3 is 2.79 bits per heavy atom. The van der Waals surface area contributed by atoms with Gasteiger partial charge in [0.2, 0.25) is 0 Å². The zero-order valence-electron chi connectivity index (χ0n) is 16.0. The number of nitrogens with zero attached hydrogens (tertiary/aromatic N) is 4. The molecule has 0 aliphatic carbocycles. The molecule has 2 aliphatic rings. The smallest absolute Gasteiger partial charge is 0.266 e. The molecular weight excluding hydrogens is 352 g/mol. The van der Waals surface area contributed by atoms with Gasteiger partial charge in [0, 0.05) is 42.4 Å². The first-order valence-corrected chi connectivity index (χ1v) is 10.1. The first-order valence-electron chi connectivity index (χ1n) is 10.1. The molecule has 4 heterocycles. The van der Waals surface area contributed by atoms with Crippen LogP contribution in [0, 0.1) is 5.92 Å². The molecule has 6 nitrogen and oxygen atoms in total. The molecule has 144 valence electrons. The molecule has 6 heteroatoms. The number of hydrogen-bond acceptors (Lipinski definition) is 5. The molecule has 3 atom stereocenters. The van der Waals surface area contributed by atoms with Gasteiger partial charge in [0.15, 0.2) is 0 Å². The number of anilines is 1. The lowest BCUT2D eigenvalue weighted by Gasteiger charge is -2.46. The molecule has 2 aromatic heterocycles. The summed E-state index contributed by atoms with van der Waals surface area (Å²) in [6.45, 7) is 3.86. The maximum absolute atomic E-state index is 12.6. The predicted molar refractivity (Wildman–Crippen MR) is 107 cm³/mol.